The molecule has 0 aromatic heterocycles. The Morgan fingerprint density at radius 3 is 2.77 bits per heavy atom. The molecule has 0 spiro atoms. The van der Waals surface area contributed by atoms with E-state index in [1.807, 2.05) is 0 Å². The maximum atomic E-state index is 12.0. The molecule has 1 unspecified atom stereocenters. The standard InChI is InChI=1S/C19H27IN2O4/c1-3-4-7-22-8-5-12(6-9-22)15-11-25-17-13(19(23)24-2)10-14(20)16(21)18(17)26-15/h10,12,15H,3-9,11,21H2,1-2H3. The van der Waals surface area contributed by atoms with Crippen LogP contribution in [0.5, 0.6) is 11.5 Å². The lowest BCUT2D eigenvalue weighted by Gasteiger charge is -2.38. The number of nitrogens with two attached hydrogens (primary N) is 1. The van der Waals surface area contributed by atoms with Gasteiger partial charge in [-0.2, -0.15) is 0 Å². The van der Waals surface area contributed by atoms with Crippen LogP contribution in [0.4, 0.5) is 5.69 Å². The van der Waals surface area contributed by atoms with Crippen molar-refractivity contribution in [1.82, 2.24) is 4.90 Å². The highest BCUT2D eigenvalue weighted by molar-refractivity contribution is 14.1. The van der Waals surface area contributed by atoms with Crippen LogP contribution in [0.25, 0.3) is 0 Å². The normalized spacial score (nSPS) is 20.8. The molecule has 0 radical (unpaired) electrons. The number of nitrogen functional groups attached to an aromatic ring is 1. The highest BCUT2D eigenvalue weighted by Gasteiger charge is 2.35. The van der Waals surface area contributed by atoms with Crippen molar-refractivity contribution in [3.05, 3.63) is 15.2 Å². The Balaban J connectivity index is 1.72. The minimum atomic E-state index is -0.439. The Kier molecular flexibility index (Phi) is 6.50. The summed E-state index contributed by atoms with van der Waals surface area (Å²) >= 11 is 2.11. The number of unbranched alkanes of at least 4 members (excludes halogenated alkanes) is 1. The molecule has 3 rings (SSSR count). The Bertz CT molecular complexity index is 659. The van der Waals surface area contributed by atoms with E-state index in [1.54, 1.807) is 6.07 Å². The summed E-state index contributed by atoms with van der Waals surface area (Å²) in [5, 5.41) is 0. The van der Waals surface area contributed by atoms with Crippen LogP contribution < -0.4 is 15.2 Å². The summed E-state index contributed by atoms with van der Waals surface area (Å²) < 4.78 is 17.8. The predicted molar refractivity (Wildman–Crippen MR) is 109 cm³/mol. The van der Waals surface area contributed by atoms with E-state index in [4.69, 9.17) is 19.9 Å². The van der Waals surface area contributed by atoms with Crippen molar-refractivity contribution < 1.29 is 19.0 Å². The number of ether oxygens (including phenoxy) is 3. The third-order valence-corrected chi connectivity index (χ3v) is 6.17. The van der Waals surface area contributed by atoms with Gasteiger partial charge < -0.3 is 24.8 Å². The van der Waals surface area contributed by atoms with Crippen LogP contribution >= 0.6 is 22.6 Å². The maximum Gasteiger partial charge on any atom is 0.341 e. The average molecular weight is 474 g/mol. The first kappa shape index (κ1) is 19.5. The van der Waals surface area contributed by atoms with Gasteiger partial charge >= 0.3 is 5.97 Å². The fourth-order valence-corrected chi connectivity index (χ4v) is 4.21. The number of carbonyl (C=O) groups excluding carboxylic acids is 1. The van der Waals surface area contributed by atoms with E-state index >= 15 is 0 Å². The number of halogens is 1. The molecule has 0 bridgehead atoms. The topological polar surface area (TPSA) is 74.0 Å². The van der Waals surface area contributed by atoms with Crippen molar-refractivity contribution in [2.45, 2.75) is 38.7 Å². The van der Waals surface area contributed by atoms with E-state index < -0.39 is 5.97 Å². The molecule has 26 heavy (non-hydrogen) atoms. The molecule has 0 amide bonds. The monoisotopic (exact) mass is 474 g/mol. The highest BCUT2D eigenvalue weighted by Crippen LogP contribution is 2.44. The SMILES string of the molecule is CCCCN1CCC(C2COc3c(C(=O)OC)cc(I)c(N)c3O2)CC1. The second-order valence-corrected chi connectivity index (χ2v) is 8.13. The summed E-state index contributed by atoms with van der Waals surface area (Å²) in [6.45, 7) is 6.06. The average Bonchev–Trinajstić information content (AvgIpc) is 2.68. The first-order chi connectivity index (χ1) is 12.5. The second-order valence-electron chi connectivity index (χ2n) is 6.97. The largest absolute Gasteiger partial charge is 0.485 e. The first-order valence-corrected chi connectivity index (χ1v) is 10.3. The molecule has 1 saturated heterocycles. The molecular formula is C19H27IN2O4. The van der Waals surface area contributed by atoms with E-state index in [0.717, 1.165) is 29.5 Å². The molecule has 2 aliphatic rings. The van der Waals surface area contributed by atoms with E-state index in [2.05, 4.69) is 34.4 Å². The summed E-state index contributed by atoms with van der Waals surface area (Å²) in [5.41, 5.74) is 7.11. The van der Waals surface area contributed by atoms with E-state index in [-0.39, 0.29) is 6.10 Å². The van der Waals surface area contributed by atoms with Gasteiger partial charge in [0.05, 0.1) is 12.8 Å². The van der Waals surface area contributed by atoms with Crippen molar-refractivity contribution in [2.75, 3.05) is 39.1 Å². The zero-order valence-corrected chi connectivity index (χ0v) is 17.6. The molecule has 2 N–H and O–H groups in total. The van der Waals surface area contributed by atoms with Crippen LogP contribution in [0.15, 0.2) is 6.07 Å². The summed E-state index contributed by atoms with van der Waals surface area (Å²) in [5.74, 6) is 0.902. The van der Waals surface area contributed by atoms with Gasteiger partial charge in [0, 0.05) is 9.49 Å². The second kappa shape index (κ2) is 8.65. The number of esters is 1. The molecular weight excluding hydrogens is 447 g/mol. The number of benzene rings is 1. The number of fused-ring (bicyclic) bond motifs is 1. The summed E-state index contributed by atoms with van der Waals surface area (Å²) in [6, 6.07) is 1.69. The van der Waals surface area contributed by atoms with E-state index in [9.17, 15) is 4.79 Å². The van der Waals surface area contributed by atoms with Gasteiger partial charge in [0.25, 0.3) is 0 Å². The highest BCUT2D eigenvalue weighted by atomic mass is 127. The molecule has 0 saturated carbocycles. The Hall–Kier alpha value is -1.22. The van der Waals surface area contributed by atoms with Crippen molar-refractivity contribution in [1.29, 1.82) is 0 Å². The van der Waals surface area contributed by atoms with Gasteiger partial charge in [0.2, 0.25) is 0 Å². The minimum Gasteiger partial charge on any atom is -0.485 e. The number of hydrogen-bond acceptors (Lipinski definition) is 6. The van der Waals surface area contributed by atoms with Gasteiger partial charge in [0.1, 0.15) is 18.3 Å². The molecule has 2 aliphatic heterocycles. The Morgan fingerprint density at radius 2 is 2.12 bits per heavy atom. The third kappa shape index (κ3) is 4.03. The maximum absolute atomic E-state index is 12.0. The molecule has 6 nitrogen and oxygen atoms in total. The number of piperidine rings is 1. The van der Waals surface area contributed by atoms with Gasteiger partial charge in [-0.05, 0) is 67.6 Å². The number of likely N-dealkylation sites (tertiary alicyclic amines) is 1. The molecule has 2 heterocycles. The molecule has 7 heteroatoms. The Morgan fingerprint density at radius 1 is 1.38 bits per heavy atom. The predicted octanol–water partition coefficient (Wildman–Crippen LogP) is 3.31. The van der Waals surface area contributed by atoms with Crippen LogP contribution in [-0.2, 0) is 4.74 Å². The van der Waals surface area contributed by atoms with Gasteiger partial charge in [-0.3, -0.25) is 0 Å². The van der Waals surface area contributed by atoms with Crippen molar-refractivity contribution in [3.8, 4) is 11.5 Å². The number of rotatable bonds is 5. The van der Waals surface area contributed by atoms with Gasteiger partial charge in [-0.1, -0.05) is 13.3 Å². The first-order valence-electron chi connectivity index (χ1n) is 9.27. The zero-order valence-electron chi connectivity index (χ0n) is 15.4. The number of anilines is 1. The quantitative estimate of drug-likeness (QED) is 0.401. The number of nitrogens with zero attached hydrogens (tertiary/aromatic N) is 1. The van der Waals surface area contributed by atoms with Crippen LogP contribution in [-0.4, -0.2) is 50.3 Å². The fourth-order valence-electron chi connectivity index (χ4n) is 3.66. The lowest BCUT2D eigenvalue weighted by Crippen LogP contribution is -2.43. The number of carbonyl (C=O) groups is 1. The van der Waals surface area contributed by atoms with Crippen LogP contribution in [0.2, 0.25) is 0 Å². The zero-order chi connectivity index (χ0) is 18.7. The Labute approximate surface area is 168 Å². The van der Waals surface area contributed by atoms with Crippen LogP contribution in [0, 0.1) is 9.49 Å². The van der Waals surface area contributed by atoms with E-state index in [1.165, 1.54) is 26.5 Å². The lowest BCUT2D eigenvalue weighted by atomic mass is 9.90. The smallest absolute Gasteiger partial charge is 0.341 e. The number of hydrogen-bond donors (Lipinski definition) is 1. The summed E-state index contributed by atoms with van der Waals surface area (Å²) in [4.78, 5) is 14.6. The minimum absolute atomic E-state index is 0.0261. The molecule has 0 aliphatic carbocycles. The van der Waals surface area contributed by atoms with Crippen molar-refractivity contribution >= 4 is 34.2 Å². The molecule has 144 valence electrons. The van der Waals surface area contributed by atoms with Crippen molar-refractivity contribution in [2.24, 2.45) is 5.92 Å². The third-order valence-electron chi connectivity index (χ3n) is 5.28. The van der Waals surface area contributed by atoms with Crippen LogP contribution in [0.3, 0.4) is 0 Å². The molecule has 1 aromatic carbocycles. The van der Waals surface area contributed by atoms with Gasteiger partial charge in [-0.25, -0.2) is 4.79 Å². The number of methoxy groups -OCH3 is 1. The molecule has 1 fully saturated rings. The van der Waals surface area contributed by atoms with Gasteiger partial charge in [0.15, 0.2) is 11.5 Å². The molecule has 1 atom stereocenters. The van der Waals surface area contributed by atoms with Gasteiger partial charge in [-0.15, -0.1) is 0 Å². The lowest BCUT2D eigenvalue weighted by molar-refractivity contribution is 0.0197. The molecule has 1 aromatic rings. The summed E-state index contributed by atoms with van der Waals surface area (Å²) in [7, 11) is 1.36. The fraction of sp³-hybridized carbons (Fsp3) is 0.632. The summed E-state index contributed by atoms with van der Waals surface area (Å²) in [6.07, 6.45) is 4.66. The van der Waals surface area contributed by atoms with Crippen molar-refractivity contribution in [3.63, 3.8) is 0 Å². The van der Waals surface area contributed by atoms with Crippen LogP contribution in [0.1, 0.15) is 43.0 Å². The van der Waals surface area contributed by atoms with E-state index in [0.29, 0.717) is 35.3 Å².